The SMILES string of the molecule is F[C@@H]1CN[C@@H](c2nc(-c3c(Cl)cccc3Cl)no2)C1. The number of hydrogen-bond donors (Lipinski definition) is 1. The molecule has 1 fully saturated rings. The van der Waals surface area contributed by atoms with Crippen LogP contribution in [0.25, 0.3) is 11.4 Å². The van der Waals surface area contributed by atoms with Gasteiger partial charge in [-0.05, 0) is 12.1 Å². The maximum Gasteiger partial charge on any atom is 0.244 e. The highest BCUT2D eigenvalue weighted by Crippen LogP contribution is 2.34. The molecule has 0 amide bonds. The van der Waals surface area contributed by atoms with E-state index in [0.717, 1.165) is 0 Å². The summed E-state index contributed by atoms with van der Waals surface area (Å²) in [4.78, 5) is 4.24. The Morgan fingerprint density at radius 3 is 2.68 bits per heavy atom. The molecule has 1 aliphatic rings. The Morgan fingerprint density at radius 2 is 2.05 bits per heavy atom. The Balaban J connectivity index is 1.93. The van der Waals surface area contributed by atoms with Crippen LogP contribution < -0.4 is 5.32 Å². The second-order valence-corrected chi connectivity index (χ2v) is 5.16. The van der Waals surface area contributed by atoms with Crippen molar-refractivity contribution >= 4 is 23.2 Å². The molecule has 1 aromatic carbocycles. The fourth-order valence-electron chi connectivity index (χ4n) is 2.07. The predicted molar refractivity (Wildman–Crippen MR) is 70.0 cm³/mol. The molecular formula is C12H10Cl2FN3O. The molecular weight excluding hydrogens is 292 g/mol. The van der Waals surface area contributed by atoms with E-state index in [4.69, 9.17) is 27.7 Å². The minimum atomic E-state index is -0.885. The van der Waals surface area contributed by atoms with Crippen molar-refractivity contribution < 1.29 is 8.91 Å². The van der Waals surface area contributed by atoms with Crippen molar-refractivity contribution in [3.05, 3.63) is 34.1 Å². The van der Waals surface area contributed by atoms with Gasteiger partial charge in [0.2, 0.25) is 11.7 Å². The molecule has 0 radical (unpaired) electrons. The van der Waals surface area contributed by atoms with Gasteiger partial charge in [0.25, 0.3) is 0 Å². The van der Waals surface area contributed by atoms with Crippen molar-refractivity contribution in [1.29, 1.82) is 0 Å². The molecule has 1 saturated heterocycles. The smallest absolute Gasteiger partial charge is 0.244 e. The van der Waals surface area contributed by atoms with Crippen molar-refractivity contribution in [2.45, 2.75) is 18.6 Å². The summed E-state index contributed by atoms with van der Waals surface area (Å²) >= 11 is 12.1. The maximum atomic E-state index is 13.1. The lowest BCUT2D eigenvalue weighted by Gasteiger charge is -2.02. The molecule has 19 heavy (non-hydrogen) atoms. The second kappa shape index (κ2) is 5.07. The lowest BCUT2D eigenvalue weighted by atomic mass is 10.2. The molecule has 2 heterocycles. The van der Waals surface area contributed by atoms with Gasteiger partial charge in [0, 0.05) is 13.0 Å². The molecule has 0 saturated carbocycles. The van der Waals surface area contributed by atoms with Crippen LogP contribution in [0.4, 0.5) is 4.39 Å². The highest BCUT2D eigenvalue weighted by molar-refractivity contribution is 6.38. The first kappa shape index (κ1) is 12.8. The van der Waals surface area contributed by atoms with Crippen molar-refractivity contribution in [2.75, 3.05) is 6.54 Å². The summed E-state index contributed by atoms with van der Waals surface area (Å²) in [7, 11) is 0. The predicted octanol–water partition coefficient (Wildman–Crippen LogP) is 3.42. The summed E-state index contributed by atoms with van der Waals surface area (Å²) in [5.74, 6) is 0.667. The summed E-state index contributed by atoms with van der Waals surface area (Å²) in [6, 6.07) is 4.88. The van der Waals surface area contributed by atoms with Crippen LogP contribution in [0.5, 0.6) is 0 Å². The molecule has 1 aromatic heterocycles. The van der Waals surface area contributed by atoms with Crippen LogP contribution in [0.1, 0.15) is 18.4 Å². The number of benzene rings is 1. The molecule has 7 heteroatoms. The first-order valence-electron chi connectivity index (χ1n) is 5.80. The normalized spacial score (nSPS) is 22.9. The Bertz CT molecular complexity index is 584. The van der Waals surface area contributed by atoms with E-state index >= 15 is 0 Å². The van der Waals surface area contributed by atoms with E-state index in [1.807, 2.05) is 0 Å². The van der Waals surface area contributed by atoms with Crippen LogP contribution in [-0.4, -0.2) is 22.9 Å². The van der Waals surface area contributed by atoms with E-state index < -0.39 is 6.17 Å². The highest BCUT2D eigenvalue weighted by atomic mass is 35.5. The maximum absolute atomic E-state index is 13.1. The van der Waals surface area contributed by atoms with Crippen molar-refractivity contribution in [2.24, 2.45) is 0 Å². The van der Waals surface area contributed by atoms with Crippen molar-refractivity contribution in [1.82, 2.24) is 15.5 Å². The average Bonchev–Trinajstić information content (AvgIpc) is 2.98. The number of alkyl halides is 1. The van der Waals surface area contributed by atoms with Gasteiger partial charge in [-0.15, -0.1) is 0 Å². The Labute approximate surface area is 118 Å². The molecule has 0 bridgehead atoms. The van der Waals surface area contributed by atoms with Gasteiger partial charge in [-0.2, -0.15) is 4.98 Å². The first-order valence-corrected chi connectivity index (χ1v) is 6.56. The quantitative estimate of drug-likeness (QED) is 0.923. The summed E-state index contributed by atoms with van der Waals surface area (Å²) in [6.45, 7) is 0.301. The van der Waals surface area contributed by atoms with E-state index in [1.54, 1.807) is 18.2 Å². The van der Waals surface area contributed by atoms with Crippen LogP contribution in [0, 0.1) is 0 Å². The zero-order chi connectivity index (χ0) is 13.4. The zero-order valence-corrected chi connectivity index (χ0v) is 11.2. The van der Waals surface area contributed by atoms with Gasteiger partial charge in [-0.1, -0.05) is 34.4 Å². The molecule has 2 aromatic rings. The third kappa shape index (κ3) is 2.45. The van der Waals surface area contributed by atoms with E-state index in [9.17, 15) is 4.39 Å². The van der Waals surface area contributed by atoms with Gasteiger partial charge < -0.3 is 9.84 Å². The number of nitrogens with one attached hydrogen (secondary N) is 1. The summed E-state index contributed by atoms with van der Waals surface area (Å²) < 4.78 is 18.3. The van der Waals surface area contributed by atoms with Crippen LogP contribution in [0.15, 0.2) is 22.7 Å². The van der Waals surface area contributed by atoms with Gasteiger partial charge in [0.05, 0.1) is 21.7 Å². The highest BCUT2D eigenvalue weighted by Gasteiger charge is 2.29. The number of rotatable bonds is 2. The largest absolute Gasteiger partial charge is 0.337 e. The van der Waals surface area contributed by atoms with Gasteiger partial charge >= 0.3 is 0 Å². The minimum absolute atomic E-state index is 0.252. The third-order valence-electron chi connectivity index (χ3n) is 3.00. The number of aromatic nitrogens is 2. The molecule has 1 N–H and O–H groups in total. The summed E-state index contributed by atoms with van der Waals surface area (Å²) in [5.41, 5.74) is 0.524. The van der Waals surface area contributed by atoms with Crippen molar-refractivity contribution in [3.8, 4) is 11.4 Å². The van der Waals surface area contributed by atoms with E-state index in [2.05, 4.69) is 15.5 Å². The third-order valence-corrected chi connectivity index (χ3v) is 3.63. The van der Waals surface area contributed by atoms with Gasteiger partial charge in [-0.3, -0.25) is 0 Å². The standard InChI is InChI=1S/C12H10Cl2FN3O/c13-7-2-1-3-8(14)10(7)11-17-12(19-18-11)9-4-6(15)5-16-9/h1-3,6,9,16H,4-5H2/t6-,9+/m0/s1. The molecule has 4 nitrogen and oxygen atoms in total. The van der Waals surface area contributed by atoms with E-state index in [0.29, 0.717) is 40.3 Å². The topological polar surface area (TPSA) is 51.0 Å². The fourth-order valence-corrected chi connectivity index (χ4v) is 2.64. The monoisotopic (exact) mass is 301 g/mol. The molecule has 0 spiro atoms. The van der Waals surface area contributed by atoms with Gasteiger partial charge in [0.1, 0.15) is 6.17 Å². The minimum Gasteiger partial charge on any atom is -0.337 e. The zero-order valence-electron chi connectivity index (χ0n) is 9.74. The molecule has 0 aliphatic carbocycles. The Hall–Kier alpha value is -1.17. The van der Waals surface area contributed by atoms with Crippen LogP contribution in [-0.2, 0) is 0 Å². The number of halogens is 3. The number of nitrogens with zero attached hydrogens (tertiary/aromatic N) is 2. The lowest BCUT2D eigenvalue weighted by Crippen LogP contribution is -2.14. The fraction of sp³-hybridized carbons (Fsp3) is 0.333. The Kier molecular flexibility index (Phi) is 3.43. The van der Waals surface area contributed by atoms with E-state index in [1.165, 1.54) is 0 Å². The molecule has 2 atom stereocenters. The summed E-state index contributed by atoms with van der Waals surface area (Å²) in [6.07, 6.45) is -0.554. The molecule has 1 aliphatic heterocycles. The molecule has 100 valence electrons. The molecule has 3 rings (SSSR count). The van der Waals surface area contributed by atoms with Crippen LogP contribution >= 0.6 is 23.2 Å². The summed E-state index contributed by atoms with van der Waals surface area (Å²) in [5, 5.41) is 7.73. The van der Waals surface area contributed by atoms with Gasteiger partial charge in [-0.25, -0.2) is 4.39 Å². The first-order chi connectivity index (χ1) is 9.15. The number of hydrogen-bond acceptors (Lipinski definition) is 4. The van der Waals surface area contributed by atoms with Gasteiger partial charge in [0.15, 0.2) is 0 Å². The lowest BCUT2D eigenvalue weighted by molar-refractivity contribution is 0.324. The van der Waals surface area contributed by atoms with Crippen molar-refractivity contribution in [3.63, 3.8) is 0 Å². The second-order valence-electron chi connectivity index (χ2n) is 4.35. The molecule has 0 unspecified atom stereocenters. The Morgan fingerprint density at radius 1 is 1.32 bits per heavy atom. The average molecular weight is 302 g/mol. The van der Waals surface area contributed by atoms with Crippen LogP contribution in [0.2, 0.25) is 10.0 Å². The van der Waals surface area contributed by atoms with Crippen LogP contribution in [0.3, 0.4) is 0 Å². The van der Waals surface area contributed by atoms with E-state index in [-0.39, 0.29) is 6.04 Å².